The number of nitrogens with one attached hydrogen (secondary N) is 1. The van der Waals surface area contributed by atoms with Crippen molar-refractivity contribution in [1.82, 2.24) is 9.88 Å². The van der Waals surface area contributed by atoms with Gasteiger partial charge in [0, 0.05) is 41.9 Å². The second kappa shape index (κ2) is 7.30. The SMILES string of the molecule is Cc1cc(NC2CCN(C3CCCCC3O)CC2)c2ccccc2n1. The minimum atomic E-state index is -0.120. The van der Waals surface area contributed by atoms with Crippen molar-refractivity contribution in [1.29, 1.82) is 0 Å². The molecule has 2 aliphatic rings. The van der Waals surface area contributed by atoms with Crippen LogP contribution in [0.5, 0.6) is 0 Å². The van der Waals surface area contributed by atoms with Crippen LogP contribution in [0.15, 0.2) is 30.3 Å². The van der Waals surface area contributed by atoms with Crippen LogP contribution in [0.1, 0.15) is 44.2 Å². The maximum atomic E-state index is 10.3. The summed E-state index contributed by atoms with van der Waals surface area (Å²) in [6.45, 7) is 4.23. The average molecular weight is 339 g/mol. The fourth-order valence-electron chi connectivity index (χ4n) is 4.54. The Hall–Kier alpha value is -1.65. The Morgan fingerprint density at radius 3 is 2.64 bits per heavy atom. The molecule has 1 aromatic carbocycles. The number of piperidine rings is 1. The number of aromatic nitrogens is 1. The smallest absolute Gasteiger partial charge is 0.0725 e. The molecule has 4 heteroatoms. The Bertz CT molecular complexity index is 724. The number of hydrogen-bond acceptors (Lipinski definition) is 4. The number of nitrogens with zero attached hydrogens (tertiary/aromatic N) is 2. The highest BCUT2D eigenvalue weighted by Crippen LogP contribution is 2.28. The summed E-state index contributed by atoms with van der Waals surface area (Å²) < 4.78 is 0. The van der Waals surface area contributed by atoms with Gasteiger partial charge in [0.25, 0.3) is 0 Å². The number of fused-ring (bicyclic) bond motifs is 1. The molecule has 2 heterocycles. The standard InChI is InChI=1S/C21H29N3O/c1-15-14-19(17-6-2-3-7-18(17)22-15)23-16-10-12-24(13-11-16)20-8-4-5-9-21(20)25/h2-3,6-7,14,16,20-21,25H,4-5,8-13H2,1H3,(H,22,23). The van der Waals surface area contributed by atoms with Gasteiger partial charge in [0.05, 0.1) is 11.6 Å². The molecule has 134 valence electrons. The fourth-order valence-corrected chi connectivity index (χ4v) is 4.54. The molecule has 1 aliphatic heterocycles. The quantitative estimate of drug-likeness (QED) is 0.895. The zero-order chi connectivity index (χ0) is 17.2. The van der Waals surface area contributed by atoms with Crippen LogP contribution in [0.3, 0.4) is 0 Å². The molecule has 2 fully saturated rings. The Kier molecular flexibility index (Phi) is 4.91. The van der Waals surface area contributed by atoms with Crippen molar-refractivity contribution in [3.8, 4) is 0 Å². The number of aliphatic hydroxyl groups excluding tert-OH is 1. The maximum Gasteiger partial charge on any atom is 0.0725 e. The molecule has 0 spiro atoms. The average Bonchev–Trinajstić information content (AvgIpc) is 2.63. The highest BCUT2D eigenvalue weighted by atomic mass is 16.3. The van der Waals surface area contributed by atoms with Crippen molar-refractivity contribution in [3.05, 3.63) is 36.0 Å². The van der Waals surface area contributed by atoms with Crippen LogP contribution in [-0.4, -0.2) is 46.3 Å². The topological polar surface area (TPSA) is 48.4 Å². The van der Waals surface area contributed by atoms with E-state index in [9.17, 15) is 5.11 Å². The first-order valence-electron chi connectivity index (χ1n) is 9.76. The first-order valence-corrected chi connectivity index (χ1v) is 9.76. The molecular weight excluding hydrogens is 310 g/mol. The number of benzene rings is 1. The summed E-state index contributed by atoms with van der Waals surface area (Å²) in [5, 5.41) is 15.3. The van der Waals surface area contributed by atoms with E-state index in [1.165, 1.54) is 23.9 Å². The van der Waals surface area contributed by atoms with Crippen molar-refractivity contribution in [3.63, 3.8) is 0 Å². The molecule has 0 bridgehead atoms. The lowest BCUT2D eigenvalue weighted by Crippen LogP contribution is -2.50. The van der Waals surface area contributed by atoms with E-state index in [1.54, 1.807) is 0 Å². The summed E-state index contributed by atoms with van der Waals surface area (Å²) in [6.07, 6.45) is 6.74. The highest BCUT2D eigenvalue weighted by Gasteiger charge is 2.31. The molecule has 1 saturated carbocycles. The van der Waals surface area contributed by atoms with E-state index >= 15 is 0 Å². The van der Waals surface area contributed by atoms with Gasteiger partial charge in [-0.15, -0.1) is 0 Å². The summed E-state index contributed by atoms with van der Waals surface area (Å²) >= 11 is 0. The molecule has 2 aromatic rings. The molecule has 1 aromatic heterocycles. The number of anilines is 1. The number of aryl methyl sites for hydroxylation is 1. The van der Waals surface area contributed by atoms with Crippen LogP contribution in [0, 0.1) is 6.92 Å². The van der Waals surface area contributed by atoms with Crippen LogP contribution >= 0.6 is 0 Å². The molecule has 0 radical (unpaired) electrons. The predicted octanol–water partition coefficient (Wildman–Crippen LogP) is 3.72. The summed E-state index contributed by atoms with van der Waals surface area (Å²) in [7, 11) is 0. The van der Waals surface area contributed by atoms with Gasteiger partial charge in [-0.2, -0.15) is 0 Å². The zero-order valence-electron chi connectivity index (χ0n) is 15.1. The number of rotatable bonds is 3. The summed E-state index contributed by atoms with van der Waals surface area (Å²) in [6, 6.07) is 11.4. The number of pyridine rings is 1. The fraction of sp³-hybridized carbons (Fsp3) is 0.571. The van der Waals surface area contributed by atoms with Crippen molar-refractivity contribution in [2.24, 2.45) is 0 Å². The molecule has 1 aliphatic carbocycles. The molecule has 2 N–H and O–H groups in total. The Balaban J connectivity index is 1.42. The first-order chi connectivity index (χ1) is 12.2. The molecule has 4 rings (SSSR count). The minimum Gasteiger partial charge on any atom is -0.391 e. The largest absolute Gasteiger partial charge is 0.391 e. The third-order valence-electron chi connectivity index (χ3n) is 5.90. The monoisotopic (exact) mass is 339 g/mol. The number of hydrogen-bond donors (Lipinski definition) is 2. The van der Waals surface area contributed by atoms with E-state index in [0.717, 1.165) is 50.0 Å². The van der Waals surface area contributed by atoms with Gasteiger partial charge in [-0.3, -0.25) is 9.88 Å². The van der Waals surface area contributed by atoms with Crippen LogP contribution in [0.2, 0.25) is 0 Å². The maximum absolute atomic E-state index is 10.3. The van der Waals surface area contributed by atoms with Gasteiger partial charge in [0.2, 0.25) is 0 Å². The van der Waals surface area contributed by atoms with Gasteiger partial charge in [-0.05, 0) is 44.7 Å². The number of para-hydroxylation sites is 1. The highest BCUT2D eigenvalue weighted by molar-refractivity contribution is 5.91. The molecule has 0 amide bonds. The molecule has 1 saturated heterocycles. The van der Waals surface area contributed by atoms with E-state index in [-0.39, 0.29) is 6.10 Å². The van der Waals surface area contributed by atoms with Crippen LogP contribution in [0.4, 0.5) is 5.69 Å². The minimum absolute atomic E-state index is 0.120. The van der Waals surface area contributed by atoms with E-state index in [1.807, 2.05) is 6.07 Å². The third-order valence-corrected chi connectivity index (χ3v) is 5.90. The molecule has 25 heavy (non-hydrogen) atoms. The normalized spacial score (nSPS) is 26.0. The summed E-state index contributed by atoms with van der Waals surface area (Å²) in [5.41, 5.74) is 3.33. The lowest BCUT2D eigenvalue weighted by atomic mass is 9.89. The first kappa shape index (κ1) is 16.8. The van der Waals surface area contributed by atoms with Crippen LogP contribution in [-0.2, 0) is 0 Å². The molecule has 4 nitrogen and oxygen atoms in total. The second-order valence-electron chi connectivity index (χ2n) is 7.70. The van der Waals surface area contributed by atoms with Crippen molar-refractivity contribution in [2.45, 2.75) is 63.6 Å². The molecule has 2 atom stereocenters. The lowest BCUT2D eigenvalue weighted by molar-refractivity contribution is 0.00994. The molecular formula is C21H29N3O. The third kappa shape index (κ3) is 3.65. The summed E-state index contributed by atoms with van der Waals surface area (Å²) in [4.78, 5) is 7.16. The van der Waals surface area contributed by atoms with Crippen molar-refractivity contribution in [2.75, 3.05) is 18.4 Å². The van der Waals surface area contributed by atoms with Gasteiger partial charge in [-0.25, -0.2) is 0 Å². The van der Waals surface area contributed by atoms with E-state index in [0.29, 0.717) is 12.1 Å². The second-order valence-corrected chi connectivity index (χ2v) is 7.70. The molecule has 2 unspecified atom stereocenters. The van der Waals surface area contributed by atoms with Crippen LogP contribution in [0.25, 0.3) is 10.9 Å². The number of likely N-dealkylation sites (tertiary alicyclic amines) is 1. The predicted molar refractivity (Wildman–Crippen MR) is 103 cm³/mol. The Labute approximate surface area is 150 Å². The van der Waals surface area contributed by atoms with Gasteiger partial charge in [0.1, 0.15) is 0 Å². The van der Waals surface area contributed by atoms with E-state index in [2.05, 4.69) is 46.4 Å². The summed E-state index contributed by atoms with van der Waals surface area (Å²) in [5.74, 6) is 0. The van der Waals surface area contributed by atoms with Gasteiger partial charge >= 0.3 is 0 Å². The van der Waals surface area contributed by atoms with Crippen molar-refractivity contribution >= 4 is 16.6 Å². The van der Waals surface area contributed by atoms with Gasteiger partial charge < -0.3 is 10.4 Å². The van der Waals surface area contributed by atoms with Crippen LogP contribution < -0.4 is 5.32 Å². The lowest BCUT2D eigenvalue weighted by Gasteiger charge is -2.41. The van der Waals surface area contributed by atoms with E-state index < -0.39 is 0 Å². The van der Waals surface area contributed by atoms with E-state index in [4.69, 9.17) is 0 Å². The van der Waals surface area contributed by atoms with Crippen molar-refractivity contribution < 1.29 is 5.11 Å². The van der Waals surface area contributed by atoms with Gasteiger partial charge in [-0.1, -0.05) is 31.0 Å². The Morgan fingerprint density at radius 1 is 1.08 bits per heavy atom. The van der Waals surface area contributed by atoms with Gasteiger partial charge in [0.15, 0.2) is 0 Å². The zero-order valence-corrected chi connectivity index (χ0v) is 15.1. The Morgan fingerprint density at radius 2 is 1.84 bits per heavy atom. The number of aliphatic hydroxyl groups is 1.